The molecule has 0 N–H and O–H groups in total. The number of hydrogen-bond acceptors (Lipinski definition) is 2. The van der Waals surface area contributed by atoms with E-state index in [1.807, 2.05) is 4.90 Å². The first-order valence-corrected chi connectivity index (χ1v) is 6.52. The van der Waals surface area contributed by atoms with Gasteiger partial charge in [-0.25, -0.2) is 4.98 Å². The summed E-state index contributed by atoms with van der Waals surface area (Å²) in [5.74, 6) is 0.0841. The Labute approximate surface area is 107 Å². The number of rotatable bonds is 2. The van der Waals surface area contributed by atoms with Crippen molar-refractivity contribution < 1.29 is 4.79 Å². The topological polar surface area (TPSA) is 33.2 Å². The van der Waals surface area contributed by atoms with E-state index in [9.17, 15) is 4.79 Å². The Bertz CT molecular complexity index is 408. The Morgan fingerprint density at radius 1 is 1.59 bits per heavy atom. The van der Waals surface area contributed by atoms with Gasteiger partial charge in [0.15, 0.2) is 0 Å². The molecule has 0 saturated carbocycles. The molecule has 0 aliphatic carbocycles. The SMILES string of the molecule is CCC1CCCCN1C(=O)c1ccnc(Cl)c1. The van der Waals surface area contributed by atoms with Crippen LogP contribution in [-0.2, 0) is 0 Å². The monoisotopic (exact) mass is 252 g/mol. The number of halogens is 1. The summed E-state index contributed by atoms with van der Waals surface area (Å²) in [5, 5.41) is 0.376. The molecule has 3 nitrogen and oxygen atoms in total. The van der Waals surface area contributed by atoms with Crippen molar-refractivity contribution in [1.29, 1.82) is 0 Å². The molecular weight excluding hydrogens is 236 g/mol. The molecule has 1 amide bonds. The third kappa shape index (κ3) is 2.78. The fourth-order valence-corrected chi connectivity index (χ4v) is 2.57. The fraction of sp³-hybridized carbons (Fsp3) is 0.538. The van der Waals surface area contributed by atoms with Gasteiger partial charge in [-0.2, -0.15) is 0 Å². The number of pyridine rings is 1. The highest BCUT2D eigenvalue weighted by atomic mass is 35.5. The first-order chi connectivity index (χ1) is 8.22. The van der Waals surface area contributed by atoms with Crippen molar-refractivity contribution in [3.8, 4) is 0 Å². The van der Waals surface area contributed by atoms with Crippen LogP contribution in [0.25, 0.3) is 0 Å². The number of nitrogens with zero attached hydrogens (tertiary/aromatic N) is 2. The highest BCUT2D eigenvalue weighted by molar-refractivity contribution is 6.29. The summed E-state index contributed by atoms with van der Waals surface area (Å²) in [5.41, 5.74) is 0.644. The predicted octanol–water partition coefficient (Wildman–Crippen LogP) is 3.14. The molecule has 0 radical (unpaired) electrons. The molecule has 4 heteroatoms. The van der Waals surface area contributed by atoms with Crippen LogP contribution in [-0.4, -0.2) is 28.4 Å². The summed E-state index contributed by atoms with van der Waals surface area (Å²) in [7, 11) is 0. The maximum atomic E-state index is 12.4. The normalized spacial score (nSPS) is 20.4. The second-order valence-corrected chi connectivity index (χ2v) is 4.81. The Kier molecular flexibility index (Phi) is 4.00. The summed E-state index contributed by atoms with van der Waals surface area (Å²) < 4.78 is 0. The zero-order valence-electron chi connectivity index (χ0n) is 10.0. The Balaban J connectivity index is 2.18. The molecule has 2 rings (SSSR count). The average molecular weight is 253 g/mol. The largest absolute Gasteiger partial charge is 0.336 e. The first kappa shape index (κ1) is 12.4. The number of carbonyl (C=O) groups is 1. The smallest absolute Gasteiger partial charge is 0.254 e. The van der Waals surface area contributed by atoms with Crippen molar-refractivity contribution in [2.24, 2.45) is 0 Å². The van der Waals surface area contributed by atoms with Crippen molar-refractivity contribution in [3.05, 3.63) is 29.0 Å². The van der Waals surface area contributed by atoms with Gasteiger partial charge in [-0.3, -0.25) is 4.79 Å². The molecule has 0 aromatic carbocycles. The second-order valence-electron chi connectivity index (χ2n) is 4.42. The molecule has 92 valence electrons. The summed E-state index contributed by atoms with van der Waals surface area (Å²) >= 11 is 5.82. The van der Waals surface area contributed by atoms with Gasteiger partial charge in [0.05, 0.1) is 0 Å². The minimum atomic E-state index is 0.0841. The van der Waals surface area contributed by atoms with Gasteiger partial charge in [0.1, 0.15) is 5.15 Å². The molecule has 1 aromatic rings. The van der Waals surface area contributed by atoms with E-state index in [4.69, 9.17) is 11.6 Å². The van der Waals surface area contributed by atoms with Crippen LogP contribution in [0.2, 0.25) is 5.15 Å². The van der Waals surface area contributed by atoms with E-state index >= 15 is 0 Å². The second kappa shape index (κ2) is 5.50. The van der Waals surface area contributed by atoms with Crippen LogP contribution >= 0.6 is 11.6 Å². The molecule has 1 aromatic heterocycles. The van der Waals surface area contributed by atoms with E-state index in [0.29, 0.717) is 16.8 Å². The summed E-state index contributed by atoms with van der Waals surface area (Å²) in [6.07, 6.45) is 6.03. The zero-order valence-corrected chi connectivity index (χ0v) is 10.8. The summed E-state index contributed by atoms with van der Waals surface area (Å²) in [6.45, 7) is 2.99. The number of piperidine rings is 1. The van der Waals surface area contributed by atoms with Gasteiger partial charge >= 0.3 is 0 Å². The molecule has 17 heavy (non-hydrogen) atoms. The van der Waals surface area contributed by atoms with Gasteiger partial charge < -0.3 is 4.90 Å². The fourth-order valence-electron chi connectivity index (χ4n) is 2.39. The third-order valence-corrected chi connectivity index (χ3v) is 3.54. The molecule has 1 atom stereocenters. The molecule has 1 unspecified atom stereocenters. The van der Waals surface area contributed by atoms with Crippen LogP contribution in [0.15, 0.2) is 18.3 Å². The van der Waals surface area contributed by atoms with Crippen LogP contribution in [0, 0.1) is 0 Å². The van der Waals surface area contributed by atoms with E-state index < -0.39 is 0 Å². The lowest BCUT2D eigenvalue weighted by molar-refractivity contribution is 0.0608. The van der Waals surface area contributed by atoms with Gasteiger partial charge in [-0.05, 0) is 37.8 Å². The standard InChI is InChI=1S/C13H17ClN2O/c1-2-11-5-3-4-8-16(11)13(17)10-6-7-15-12(14)9-10/h6-7,9,11H,2-5,8H2,1H3. The van der Waals surface area contributed by atoms with Crippen LogP contribution < -0.4 is 0 Å². The predicted molar refractivity (Wildman–Crippen MR) is 68.2 cm³/mol. The van der Waals surface area contributed by atoms with Crippen molar-refractivity contribution in [2.45, 2.75) is 38.6 Å². The third-order valence-electron chi connectivity index (χ3n) is 3.33. The number of aromatic nitrogens is 1. The lowest BCUT2D eigenvalue weighted by atomic mass is 9.99. The van der Waals surface area contributed by atoms with E-state index in [1.165, 1.54) is 6.42 Å². The van der Waals surface area contributed by atoms with E-state index in [2.05, 4.69) is 11.9 Å². The zero-order chi connectivity index (χ0) is 12.3. The van der Waals surface area contributed by atoms with E-state index in [1.54, 1.807) is 18.3 Å². The lowest BCUT2D eigenvalue weighted by Gasteiger charge is -2.35. The molecule has 0 bridgehead atoms. The van der Waals surface area contributed by atoms with E-state index in [0.717, 1.165) is 25.8 Å². The van der Waals surface area contributed by atoms with E-state index in [-0.39, 0.29) is 5.91 Å². The van der Waals surface area contributed by atoms with Gasteiger partial charge in [-0.15, -0.1) is 0 Å². The molecule has 1 aliphatic heterocycles. The molecule has 1 aliphatic rings. The first-order valence-electron chi connectivity index (χ1n) is 6.15. The van der Waals surface area contributed by atoms with Gasteiger partial charge in [0, 0.05) is 24.3 Å². The minimum Gasteiger partial charge on any atom is -0.336 e. The maximum absolute atomic E-state index is 12.4. The van der Waals surface area contributed by atoms with Gasteiger partial charge in [0.2, 0.25) is 0 Å². The number of amides is 1. The molecule has 1 saturated heterocycles. The quantitative estimate of drug-likeness (QED) is 0.758. The van der Waals surface area contributed by atoms with Crippen molar-refractivity contribution >= 4 is 17.5 Å². The Hall–Kier alpha value is -1.09. The summed E-state index contributed by atoms with van der Waals surface area (Å²) in [4.78, 5) is 18.2. The van der Waals surface area contributed by atoms with Crippen molar-refractivity contribution in [3.63, 3.8) is 0 Å². The number of likely N-dealkylation sites (tertiary alicyclic amines) is 1. The number of carbonyl (C=O) groups excluding carboxylic acids is 1. The van der Waals surface area contributed by atoms with Crippen LogP contribution in [0.5, 0.6) is 0 Å². The Morgan fingerprint density at radius 2 is 2.41 bits per heavy atom. The van der Waals surface area contributed by atoms with Crippen molar-refractivity contribution in [2.75, 3.05) is 6.54 Å². The van der Waals surface area contributed by atoms with Gasteiger partial charge in [0.25, 0.3) is 5.91 Å². The highest BCUT2D eigenvalue weighted by Crippen LogP contribution is 2.22. The molecular formula is C13H17ClN2O. The summed E-state index contributed by atoms with van der Waals surface area (Å²) in [6, 6.07) is 3.75. The minimum absolute atomic E-state index is 0.0841. The number of hydrogen-bond donors (Lipinski definition) is 0. The van der Waals surface area contributed by atoms with Crippen LogP contribution in [0.1, 0.15) is 43.0 Å². The molecule has 2 heterocycles. The van der Waals surface area contributed by atoms with Crippen LogP contribution in [0.4, 0.5) is 0 Å². The average Bonchev–Trinajstić information content (AvgIpc) is 2.38. The van der Waals surface area contributed by atoms with Gasteiger partial charge in [-0.1, -0.05) is 18.5 Å². The Morgan fingerprint density at radius 3 is 3.12 bits per heavy atom. The van der Waals surface area contributed by atoms with Crippen LogP contribution in [0.3, 0.4) is 0 Å². The lowest BCUT2D eigenvalue weighted by Crippen LogP contribution is -2.43. The van der Waals surface area contributed by atoms with Crippen molar-refractivity contribution in [1.82, 2.24) is 9.88 Å². The maximum Gasteiger partial charge on any atom is 0.254 e. The molecule has 0 spiro atoms. The molecule has 1 fully saturated rings. The highest BCUT2D eigenvalue weighted by Gasteiger charge is 2.26.